The molecule has 1 saturated carbocycles. The molecule has 1 aliphatic heterocycles. The van der Waals surface area contributed by atoms with E-state index < -0.39 is 23.8 Å². The monoisotopic (exact) mass is 483 g/mol. The Kier molecular flexibility index (Phi) is 7.19. The van der Waals surface area contributed by atoms with Gasteiger partial charge in [-0.2, -0.15) is 0 Å². The number of carbonyl (C=O) groups is 3. The lowest BCUT2D eigenvalue weighted by atomic mass is 9.69. The summed E-state index contributed by atoms with van der Waals surface area (Å²) in [4.78, 5) is 39.9. The molecule has 1 fully saturated rings. The van der Waals surface area contributed by atoms with E-state index in [1.54, 1.807) is 19.2 Å². The van der Waals surface area contributed by atoms with Crippen LogP contribution < -0.4 is 14.8 Å². The Morgan fingerprint density at radius 2 is 1.71 bits per heavy atom. The third-order valence-electron chi connectivity index (χ3n) is 7.28. The number of esters is 2. The van der Waals surface area contributed by atoms with Gasteiger partial charge >= 0.3 is 11.9 Å². The van der Waals surface area contributed by atoms with E-state index in [1.807, 2.05) is 19.9 Å². The van der Waals surface area contributed by atoms with Crippen molar-refractivity contribution in [2.24, 2.45) is 11.8 Å². The van der Waals surface area contributed by atoms with E-state index in [9.17, 15) is 14.4 Å². The molecule has 0 bridgehead atoms. The first kappa shape index (κ1) is 24.8. The standard InChI is InChI=1S/C27H33NO7/c1-14-12-18-24(25(29)21(14)26(30)34-5)23(16-10-11-19(32-3)20(13-16)33-4)22(15(2)28-18)27(31)35-17-8-6-7-9-17/h10-11,13-14,17,21,23,28H,6-9,12H2,1-5H3/t14-,21+,23+/m0/s1. The number of hydrogen-bond acceptors (Lipinski definition) is 8. The fourth-order valence-electron chi connectivity index (χ4n) is 5.54. The zero-order chi connectivity index (χ0) is 25.3. The van der Waals surface area contributed by atoms with Gasteiger partial charge in [0, 0.05) is 22.9 Å². The SMILES string of the molecule is COC(=O)[C@H]1C(=O)C2=C(C[C@@H]1C)NC(C)=C(C(=O)OC1CCCC1)[C@H]2c1ccc(OC)c(OC)c1. The Morgan fingerprint density at radius 3 is 2.34 bits per heavy atom. The molecule has 0 amide bonds. The van der Waals surface area contributed by atoms with E-state index in [2.05, 4.69) is 5.32 Å². The molecule has 8 heteroatoms. The fraction of sp³-hybridized carbons (Fsp3) is 0.519. The number of ether oxygens (including phenoxy) is 4. The second-order valence-corrected chi connectivity index (χ2v) is 9.46. The molecular weight excluding hydrogens is 450 g/mol. The van der Waals surface area contributed by atoms with Crippen molar-refractivity contribution in [2.45, 2.75) is 58.0 Å². The number of Topliss-reactive ketones (excluding diaryl/α,β-unsaturated/α-hetero) is 1. The maximum atomic E-state index is 13.8. The molecule has 1 aromatic rings. The molecule has 35 heavy (non-hydrogen) atoms. The minimum Gasteiger partial charge on any atom is -0.493 e. The number of allylic oxidation sites excluding steroid dienone is 3. The van der Waals surface area contributed by atoms with Gasteiger partial charge < -0.3 is 24.3 Å². The van der Waals surface area contributed by atoms with E-state index in [1.165, 1.54) is 14.2 Å². The van der Waals surface area contributed by atoms with Crippen LogP contribution in [0.1, 0.15) is 57.4 Å². The minimum atomic E-state index is -0.936. The highest BCUT2D eigenvalue weighted by molar-refractivity contribution is 6.12. The predicted octanol–water partition coefficient (Wildman–Crippen LogP) is 3.80. The number of ketones is 1. The first-order chi connectivity index (χ1) is 16.8. The summed E-state index contributed by atoms with van der Waals surface area (Å²) in [6.07, 6.45) is 4.07. The van der Waals surface area contributed by atoms with Gasteiger partial charge in [-0.25, -0.2) is 4.79 Å². The smallest absolute Gasteiger partial charge is 0.337 e. The van der Waals surface area contributed by atoms with Gasteiger partial charge in [-0.1, -0.05) is 13.0 Å². The van der Waals surface area contributed by atoms with Gasteiger partial charge in [0.1, 0.15) is 12.0 Å². The average molecular weight is 484 g/mol. The van der Waals surface area contributed by atoms with Gasteiger partial charge in [-0.05, 0) is 62.6 Å². The average Bonchev–Trinajstić information content (AvgIpc) is 3.35. The Hall–Kier alpha value is -3.29. The molecule has 0 saturated heterocycles. The fourth-order valence-corrected chi connectivity index (χ4v) is 5.54. The van der Waals surface area contributed by atoms with Gasteiger partial charge in [-0.3, -0.25) is 9.59 Å². The summed E-state index contributed by atoms with van der Waals surface area (Å²) in [5.74, 6) is -2.24. The number of rotatable bonds is 6. The highest BCUT2D eigenvalue weighted by atomic mass is 16.5. The second kappa shape index (κ2) is 10.1. The molecule has 8 nitrogen and oxygen atoms in total. The highest BCUT2D eigenvalue weighted by Gasteiger charge is 2.47. The van der Waals surface area contributed by atoms with Gasteiger partial charge in [0.25, 0.3) is 0 Å². The summed E-state index contributed by atoms with van der Waals surface area (Å²) >= 11 is 0. The van der Waals surface area contributed by atoms with E-state index >= 15 is 0 Å². The lowest BCUT2D eigenvalue weighted by Crippen LogP contribution is -2.43. The Morgan fingerprint density at radius 1 is 1.03 bits per heavy atom. The number of dihydropyridines is 1. The highest BCUT2D eigenvalue weighted by Crippen LogP contribution is 2.47. The molecule has 0 radical (unpaired) electrons. The second-order valence-electron chi connectivity index (χ2n) is 9.46. The maximum Gasteiger partial charge on any atom is 0.337 e. The molecule has 0 unspecified atom stereocenters. The lowest BCUT2D eigenvalue weighted by Gasteiger charge is -2.38. The molecule has 4 rings (SSSR count). The number of benzene rings is 1. The van der Waals surface area contributed by atoms with Crippen molar-refractivity contribution in [1.82, 2.24) is 5.32 Å². The summed E-state index contributed by atoms with van der Waals surface area (Å²) in [6, 6.07) is 5.34. The third kappa shape index (κ3) is 4.54. The summed E-state index contributed by atoms with van der Waals surface area (Å²) < 4.78 is 21.7. The van der Waals surface area contributed by atoms with E-state index in [-0.39, 0.29) is 17.8 Å². The first-order valence-electron chi connectivity index (χ1n) is 12.1. The van der Waals surface area contributed by atoms with E-state index in [0.29, 0.717) is 40.3 Å². The minimum absolute atomic E-state index is 0.130. The van der Waals surface area contributed by atoms with E-state index in [4.69, 9.17) is 18.9 Å². The predicted molar refractivity (Wildman–Crippen MR) is 128 cm³/mol. The van der Waals surface area contributed by atoms with Crippen molar-refractivity contribution in [1.29, 1.82) is 0 Å². The van der Waals surface area contributed by atoms with Crippen LogP contribution in [-0.4, -0.2) is 45.2 Å². The summed E-state index contributed by atoms with van der Waals surface area (Å²) in [7, 11) is 4.36. The van der Waals surface area contributed by atoms with Crippen LogP contribution in [0.4, 0.5) is 0 Å². The van der Waals surface area contributed by atoms with Gasteiger partial charge in [-0.15, -0.1) is 0 Å². The molecule has 1 aromatic carbocycles. The van der Waals surface area contributed by atoms with Crippen LogP contribution in [0.25, 0.3) is 0 Å². The normalized spacial score (nSPS) is 24.6. The van der Waals surface area contributed by atoms with Gasteiger partial charge in [0.2, 0.25) is 0 Å². The van der Waals surface area contributed by atoms with Crippen LogP contribution in [0.5, 0.6) is 11.5 Å². The van der Waals surface area contributed by atoms with Crippen molar-refractivity contribution in [2.75, 3.05) is 21.3 Å². The first-order valence-corrected chi connectivity index (χ1v) is 12.1. The van der Waals surface area contributed by atoms with Gasteiger partial charge in [0.05, 0.1) is 26.9 Å². The number of carbonyl (C=O) groups excluding carboxylic acids is 3. The topological polar surface area (TPSA) is 100 Å². The van der Waals surface area contributed by atoms with Crippen molar-refractivity contribution in [3.63, 3.8) is 0 Å². The Bertz CT molecular complexity index is 1100. The maximum absolute atomic E-state index is 13.8. The quantitative estimate of drug-likeness (QED) is 0.482. The largest absolute Gasteiger partial charge is 0.493 e. The molecular formula is C27H33NO7. The third-order valence-corrected chi connectivity index (χ3v) is 7.28. The zero-order valence-electron chi connectivity index (χ0n) is 20.9. The summed E-state index contributed by atoms with van der Waals surface area (Å²) in [6.45, 7) is 3.68. The molecule has 0 aromatic heterocycles. The molecule has 0 spiro atoms. The van der Waals surface area contributed by atoms with Crippen molar-refractivity contribution < 1.29 is 33.3 Å². The Balaban J connectivity index is 1.84. The van der Waals surface area contributed by atoms with Crippen LogP contribution >= 0.6 is 0 Å². The summed E-state index contributed by atoms with van der Waals surface area (Å²) in [5, 5.41) is 3.29. The molecule has 1 N–H and O–H groups in total. The zero-order valence-corrected chi connectivity index (χ0v) is 20.9. The number of hydrogen-bond donors (Lipinski definition) is 1. The van der Waals surface area contributed by atoms with E-state index in [0.717, 1.165) is 31.4 Å². The molecule has 3 aliphatic rings. The summed E-state index contributed by atoms with van der Waals surface area (Å²) in [5.41, 5.74) is 2.81. The van der Waals surface area contributed by atoms with Crippen LogP contribution in [0.2, 0.25) is 0 Å². The number of nitrogens with one attached hydrogen (secondary N) is 1. The van der Waals surface area contributed by atoms with Crippen LogP contribution in [0, 0.1) is 11.8 Å². The molecule has 1 heterocycles. The molecule has 3 atom stereocenters. The van der Waals surface area contributed by atoms with Crippen molar-refractivity contribution in [3.05, 3.63) is 46.3 Å². The number of methoxy groups -OCH3 is 3. The molecule has 2 aliphatic carbocycles. The van der Waals surface area contributed by atoms with Crippen LogP contribution in [-0.2, 0) is 23.9 Å². The Labute approximate surface area is 205 Å². The van der Waals surface area contributed by atoms with Gasteiger partial charge in [0.15, 0.2) is 17.3 Å². The van der Waals surface area contributed by atoms with Crippen molar-refractivity contribution in [3.8, 4) is 11.5 Å². The van der Waals surface area contributed by atoms with Crippen LogP contribution in [0.3, 0.4) is 0 Å². The van der Waals surface area contributed by atoms with Crippen molar-refractivity contribution >= 4 is 17.7 Å². The lowest BCUT2D eigenvalue weighted by molar-refractivity contribution is -0.151. The van der Waals surface area contributed by atoms with Crippen LogP contribution in [0.15, 0.2) is 40.7 Å². The molecule has 188 valence electrons.